The third-order valence-corrected chi connectivity index (χ3v) is 4.45. The number of nitrogens with one attached hydrogen (secondary N) is 3. The van der Waals surface area contributed by atoms with Crippen molar-refractivity contribution >= 4 is 22.5 Å². The van der Waals surface area contributed by atoms with E-state index in [1.54, 1.807) is 6.20 Å². The molecule has 20 heavy (non-hydrogen) atoms. The first kappa shape index (κ1) is 13.1. The lowest BCUT2D eigenvalue weighted by Crippen LogP contribution is -2.42. The van der Waals surface area contributed by atoms with Gasteiger partial charge in [-0.2, -0.15) is 5.10 Å². The fraction of sp³-hybridized carbons (Fsp3) is 0.467. The SMILES string of the molecule is CC(C)C1(C(=O)Nc2ccc3cn[nH]c3c2)CCNC1. The van der Waals surface area contributed by atoms with Crippen molar-refractivity contribution in [2.75, 3.05) is 18.4 Å². The van der Waals surface area contributed by atoms with Gasteiger partial charge in [-0.1, -0.05) is 13.8 Å². The fourth-order valence-electron chi connectivity index (χ4n) is 2.93. The number of fused-ring (bicyclic) bond motifs is 1. The van der Waals surface area contributed by atoms with Gasteiger partial charge < -0.3 is 10.6 Å². The highest BCUT2D eigenvalue weighted by atomic mass is 16.2. The lowest BCUT2D eigenvalue weighted by Gasteiger charge is -2.31. The summed E-state index contributed by atoms with van der Waals surface area (Å²) in [5, 5.41) is 14.3. The molecule has 2 aromatic rings. The second-order valence-corrected chi connectivity index (χ2v) is 5.86. The van der Waals surface area contributed by atoms with Crippen LogP contribution >= 0.6 is 0 Å². The summed E-state index contributed by atoms with van der Waals surface area (Å²) >= 11 is 0. The van der Waals surface area contributed by atoms with E-state index in [1.807, 2.05) is 18.2 Å². The standard InChI is InChI=1S/C15H20N4O/c1-10(2)15(5-6-16-9-15)14(20)18-12-4-3-11-8-17-19-13(11)7-12/h3-4,7-8,10,16H,5-6,9H2,1-2H3,(H,17,19)(H,18,20). The number of H-pyrrole nitrogens is 1. The van der Waals surface area contributed by atoms with Crippen molar-refractivity contribution in [1.29, 1.82) is 0 Å². The normalized spacial score (nSPS) is 22.6. The Balaban J connectivity index is 1.84. The Bertz CT molecular complexity index is 626. The van der Waals surface area contributed by atoms with E-state index < -0.39 is 0 Å². The van der Waals surface area contributed by atoms with E-state index in [1.165, 1.54) is 0 Å². The van der Waals surface area contributed by atoms with Crippen molar-refractivity contribution in [2.45, 2.75) is 20.3 Å². The van der Waals surface area contributed by atoms with E-state index in [0.29, 0.717) is 5.92 Å². The molecule has 1 amide bonds. The molecule has 1 aromatic heterocycles. The summed E-state index contributed by atoms with van der Waals surface area (Å²) < 4.78 is 0. The summed E-state index contributed by atoms with van der Waals surface area (Å²) in [4.78, 5) is 12.7. The molecule has 1 aliphatic rings. The molecule has 3 rings (SSSR count). The number of rotatable bonds is 3. The van der Waals surface area contributed by atoms with Crippen LogP contribution in [0.4, 0.5) is 5.69 Å². The first-order chi connectivity index (χ1) is 9.62. The Morgan fingerprint density at radius 1 is 1.45 bits per heavy atom. The van der Waals surface area contributed by atoms with Gasteiger partial charge in [0.2, 0.25) is 5.91 Å². The molecule has 2 heterocycles. The van der Waals surface area contributed by atoms with Gasteiger partial charge in [-0.15, -0.1) is 0 Å². The molecule has 3 N–H and O–H groups in total. The first-order valence-electron chi connectivity index (χ1n) is 7.07. The van der Waals surface area contributed by atoms with Gasteiger partial charge in [-0.05, 0) is 37.1 Å². The molecule has 1 unspecified atom stereocenters. The molecule has 1 fully saturated rings. The number of hydrogen-bond acceptors (Lipinski definition) is 3. The lowest BCUT2D eigenvalue weighted by atomic mass is 9.75. The maximum Gasteiger partial charge on any atom is 0.232 e. The number of aromatic nitrogens is 2. The molecule has 0 radical (unpaired) electrons. The van der Waals surface area contributed by atoms with Crippen molar-refractivity contribution in [2.24, 2.45) is 11.3 Å². The summed E-state index contributed by atoms with van der Waals surface area (Å²) in [6, 6.07) is 5.81. The molecule has 0 spiro atoms. The van der Waals surface area contributed by atoms with Crippen molar-refractivity contribution in [3.63, 3.8) is 0 Å². The average Bonchev–Trinajstić information content (AvgIpc) is 3.07. The molecular weight excluding hydrogens is 252 g/mol. The van der Waals surface area contributed by atoms with Gasteiger partial charge in [0.25, 0.3) is 0 Å². The molecule has 5 heteroatoms. The summed E-state index contributed by atoms with van der Waals surface area (Å²) in [7, 11) is 0. The van der Waals surface area contributed by atoms with Crippen molar-refractivity contribution in [1.82, 2.24) is 15.5 Å². The van der Waals surface area contributed by atoms with E-state index in [2.05, 4.69) is 34.7 Å². The van der Waals surface area contributed by atoms with Gasteiger partial charge in [0, 0.05) is 17.6 Å². The molecule has 1 saturated heterocycles. The van der Waals surface area contributed by atoms with Crippen LogP contribution in [-0.2, 0) is 4.79 Å². The second kappa shape index (κ2) is 4.90. The molecule has 0 bridgehead atoms. The van der Waals surface area contributed by atoms with Crippen molar-refractivity contribution in [3.05, 3.63) is 24.4 Å². The molecular formula is C15H20N4O. The van der Waals surface area contributed by atoms with Crippen molar-refractivity contribution < 1.29 is 4.79 Å². The van der Waals surface area contributed by atoms with Gasteiger partial charge in [-0.25, -0.2) is 0 Å². The smallest absolute Gasteiger partial charge is 0.232 e. The maximum absolute atomic E-state index is 12.7. The van der Waals surface area contributed by atoms with Gasteiger partial charge in [0.15, 0.2) is 0 Å². The van der Waals surface area contributed by atoms with Crippen LogP contribution in [0, 0.1) is 11.3 Å². The zero-order valence-electron chi connectivity index (χ0n) is 11.9. The minimum atomic E-state index is -0.303. The molecule has 0 aliphatic carbocycles. The Kier molecular flexibility index (Phi) is 3.22. The molecule has 106 valence electrons. The predicted octanol–water partition coefficient (Wildman–Crippen LogP) is 2.14. The van der Waals surface area contributed by atoms with E-state index in [4.69, 9.17) is 0 Å². The quantitative estimate of drug-likeness (QED) is 0.801. The van der Waals surface area contributed by atoms with Crippen LogP contribution in [0.1, 0.15) is 20.3 Å². The number of nitrogens with zero attached hydrogens (tertiary/aromatic N) is 1. The van der Waals surface area contributed by atoms with Crippen LogP contribution in [-0.4, -0.2) is 29.2 Å². The van der Waals surface area contributed by atoms with Crippen LogP contribution in [0.3, 0.4) is 0 Å². The average molecular weight is 272 g/mol. The third-order valence-electron chi connectivity index (χ3n) is 4.45. The van der Waals surface area contributed by atoms with E-state index in [9.17, 15) is 4.79 Å². The number of carbonyl (C=O) groups excluding carboxylic acids is 1. The third kappa shape index (κ3) is 2.08. The zero-order chi connectivity index (χ0) is 14.2. The fourth-order valence-corrected chi connectivity index (χ4v) is 2.93. The Morgan fingerprint density at radius 2 is 2.30 bits per heavy atom. The summed E-state index contributed by atoms with van der Waals surface area (Å²) in [6.45, 7) is 5.89. The highest BCUT2D eigenvalue weighted by Gasteiger charge is 2.43. The summed E-state index contributed by atoms with van der Waals surface area (Å²) in [5.41, 5.74) is 1.45. The number of carbonyl (C=O) groups is 1. The van der Waals surface area contributed by atoms with Crippen LogP contribution in [0.15, 0.2) is 24.4 Å². The van der Waals surface area contributed by atoms with Gasteiger partial charge >= 0.3 is 0 Å². The van der Waals surface area contributed by atoms with Crippen molar-refractivity contribution in [3.8, 4) is 0 Å². The zero-order valence-corrected chi connectivity index (χ0v) is 11.9. The molecule has 1 aliphatic heterocycles. The predicted molar refractivity (Wildman–Crippen MR) is 79.5 cm³/mol. The van der Waals surface area contributed by atoms with E-state index in [-0.39, 0.29) is 11.3 Å². The molecule has 5 nitrogen and oxygen atoms in total. The highest BCUT2D eigenvalue weighted by Crippen LogP contribution is 2.35. The number of anilines is 1. The Hall–Kier alpha value is -1.88. The van der Waals surface area contributed by atoms with Gasteiger partial charge in [0.05, 0.1) is 17.1 Å². The van der Waals surface area contributed by atoms with Gasteiger partial charge in [-0.3, -0.25) is 9.89 Å². The number of hydrogen-bond donors (Lipinski definition) is 3. The monoisotopic (exact) mass is 272 g/mol. The number of amides is 1. The summed E-state index contributed by atoms with van der Waals surface area (Å²) in [5.74, 6) is 0.421. The van der Waals surface area contributed by atoms with Crippen LogP contribution < -0.4 is 10.6 Å². The largest absolute Gasteiger partial charge is 0.325 e. The Labute approximate surface area is 118 Å². The molecule has 1 atom stereocenters. The second-order valence-electron chi connectivity index (χ2n) is 5.86. The van der Waals surface area contributed by atoms with E-state index in [0.717, 1.165) is 36.1 Å². The van der Waals surface area contributed by atoms with Crippen LogP contribution in [0.5, 0.6) is 0 Å². The maximum atomic E-state index is 12.7. The summed E-state index contributed by atoms with van der Waals surface area (Å²) in [6.07, 6.45) is 2.67. The Morgan fingerprint density at radius 3 is 3.00 bits per heavy atom. The number of aromatic amines is 1. The minimum absolute atomic E-state index is 0.108. The first-order valence-corrected chi connectivity index (χ1v) is 7.07. The van der Waals surface area contributed by atoms with Gasteiger partial charge in [0.1, 0.15) is 0 Å². The molecule has 0 saturated carbocycles. The topological polar surface area (TPSA) is 69.8 Å². The van der Waals surface area contributed by atoms with E-state index >= 15 is 0 Å². The lowest BCUT2D eigenvalue weighted by molar-refractivity contribution is -0.126. The van der Waals surface area contributed by atoms with Crippen LogP contribution in [0.2, 0.25) is 0 Å². The van der Waals surface area contributed by atoms with Crippen LogP contribution in [0.25, 0.3) is 10.9 Å². The number of benzene rings is 1. The minimum Gasteiger partial charge on any atom is -0.325 e. The molecule has 1 aromatic carbocycles. The highest BCUT2D eigenvalue weighted by molar-refractivity contribution is 5.97.